The molecule has 0 bridgehead atoms. The van der Waals surface area contributed by atoms with Crippen LogP contribution in [0.25, 0.3) is 10.9 Å². The Balaban J connectivity index is 1.87. The van der Waals surface area contributed by atoms with E-state index in [9.17, 15) is 9.59 Å². The molecule has 1 atom stereocenters. The minimum Gasteiger partial charge on any atom is -0.328 e. The number of benzene rings is 3. The van der Waals surface area contributed by atoms with Crippen molar-refractivity contribution in [3.63, 3.8) is 0 Å². The summed E-state index contributed by atoms with van der Waals surface area (Å²) in [6.07, 6.45) is 1.38. The zero-order valence-corrected chi connectivity index (χ0v) is 24.2. The first-order chi connectivity index (χ1) is 18.3. The van der Waals surface area contributed by atoms with E-state index in [1.54, 1.807) is 22.8 Å². The van der Waals surface area contributed by atoms with Crippen molar-refractivity contribution in [1.82, 2.24) is 19.4 Å². The Labute approximate surface area is 237 Å². The monoisotopic (exact) mass is 594 g/mol. The molecule has 0 saturated carbocycles. The molecule has 1 aromatic heterocycles. The normalized spacial score (nSPS) is 12.2. The molecule has 1 amide bonds. The van der Waals surface area contributed by atoms with Crippen LogP contribution in [0.5, 0.6) is 0 Å². The van der Waals surface area contributed by atoms with Crippen LogP contribution in [0.1, 0.15) is 47.6 Å². The van der Waals surface area contributed by atoms with Gasteiger partial charge >= 0.3 is 0 Å². The molecule has 0 radical (unpaired) electrons. The third kappa shape index (κ3) is 6.52. The molecule has 0 fully saturated rings. The number of rotatable bonds is 10. The first kappa shape index (κ1) is 28.0. The lowest BCUT2D eigenvalue weighted by atomic mass is 10.1. The highest BCUT2D eigenvalue weighted by Crippen LogP contribution is 2.28. The molecule has 8 heteroatoms. The van der Waals surface area contributed by atoms with Crippen molar-refractivity contribution >= 4 is 44.3 Å². The minimum absolute atomic E-state index is 0.0881. The topological polar surface area (TPSA) is 58.4 Å². The molecule has 38 heavy (non-hydrogen) atoms. The molecule has 0 unspecified atom stereocenters. The average molecular weight is 596 g/mol. The molecular weight excluding hydrogens is 564 g/mol. The highest BCUT2D eigenvalue weighted by atomic mass is 79.9. The zero-order valence-electron chi connectivity index (χ0n) is 21.9. The van der Waals surface area contributed by atoms with Crippen LogP contribution in [0.3, 0.4) is 0 Å². The lowest BCUT2D eigenvalue weighted by molar-refractivity contribution is 0.0649. The number of carbonyl (C=O) groups is 1. The maximum atomic E-state index is 13.9. The number of fused-ring (bicyclic) bond motifs is 1. The van der Waals surface area contributed by atoms with Crippen LogP contribution in [0.2, 0.25) is 5.02 Å². The Kier molecular flexibility index (Phi) is 9.36. The summed E-state index contributed by atoms with van der Waals surface area (Å²) in [5.74, 6) is 0.473. The van der Waals surface area contributed by atoms with Gasteiger partial charge in [-0.2, -0.15) is 0 Å². The number of carbonyl (C=O) groups excluding carboxylic acids is 1. The molecule has 6 nitrogen and oxygen atoms in total. The zero-order chi connectivity index (χ0) is 27.2. The summed E-state index contributed by atoms with van der Waals surface area (Å²) in [5, 5.41) is 1.01. The number of halogens is 2. The average Bonchev–Trinajstić information content (AvgIpc) is 2.90. The van der Waals surface area contributed by atoms with E-state index >= 15 is 0 Å². The summed E-state index contributed by atoms with van der Waals surface area (Å²) in [6, 6.07) is 22.0. The first-order valence-corrected chi connectivity index (χ1v) is 13.9. The smallest absolute Gasteiger partial charge is 0.261 e. The maximum absolute atomic E-state index is 13.9. The van der Waals surface area contributed by atoms with Gasteiger partial charge < -0.3 is 9.80 Å². The van der Waals surface area contributed by atoms with Gasteiger partial charge in [0.15, 0.2) is 0 Å². The standard InChI is InChI=1S/C30H32BrClN4O2/c1-4-27(35(18-8-17-34(2)3)29(37)22-11-13-23(31)14-12-22)28-33-26-19-24(32)15-16-25(26)30(38)36(28)20-21-9-6-5-7-10-21/h5-7,9-16,19,27H,4,8,17-18,20H2,1-3H3/t27-/m0/s1. The third-order valence-electron chi connectivity index (χ3n) is 6.55. The summed E-state index contributed by atoms with van der Waals surface area (Å²) >= 11 is 9.75. The van der Waals surface area contributed by atoms with E-state index in [1.165, 1.54) is 0 Å². The molecule has 0 spiro atoms. The van der Waals surface area contributed by atoms with Crippen LogP contribution in [0.4, 0.5) is 0 Å². The SMILES string of the molecule is CC[C@@H](c1nc2cc(Cl)ccc2c(=O)n1Cc1ccccc1)N(CCCN(C)C)C(=O)c1ccc(Br)cc1. The second kappa shape index (κ2) is 12.7. The van der Waals surface area contributed by atoms with Gasteiger partial charge in [0.05, 0.1) is 23.5 Å². The quantitative estimate of drug-likeness (QED) is 0.213. The van der Waals surface area contributed by atoms with Gasteiger partial charge in [0, 0.05) is 21.6 Å². The fraction of sp³-hybridized carbons (Fsp3) is 0.300. The van der Waals surface area contributed by atoms with Gasteiger partial charge in [-0.25, -0.2) is 4.98 Å². The van der Waals surface area contributed by atoms with Crippen LogP contribution in [0, 0.1) is 0 Å². The van der Waals surface area contributed by atoms with Gasteiger partial charge in [-0.1, -0.05) is 64.8 Å². The van der Waals surface area contributed by atoms with Crippen molar-refractivity contribution in [2.24, 2.45) is 0 Å². The van der Waals surface area contributed by atoms with Crippen molar-refractivity contribution in [2.45, 2.75) is 32.4 Å². The van der Waals surface area contributed by atoms with Crippen molar-refractivity contribution in [3.05, 3.63) is 110 Å². The van der Waals surface area contributed by atoms with E-state index in [1.807, 2.05) is 80.5 Å². The number of amides is 1. The molecule has 0 saturated heterocycles. The highest BCUT2D eigenvalue weighted by Gasteiger charge is 2.29. The number of aromatic nitrogens is 2. The Morgan fingerprint density at radius 2 is 1.74 bits per heavy atom. The Hall–Kier alpha value is -3.00. The molecule has 198 valence electrons. The molecule has 1 heterocycles. The summed E-state index contributed by atoms with van der Waals surface area (Å²) in [7, 11) is 4.04. The molecular formula is C30H32BrClN4O2. The van der Waals surface area contributed by atoms with Gasteiger partial charge in [-0.3, -0.25) is 14.2 Å². The van der Waals surface area contributed by atoms with Crippen molar-refractivity contribution < 1.29 is 4.79 Å². The maximum Gasteiger partial charge on any atom is 0.261 e. The number of hydrogen-bond donors (Lipinski definition) is 0. The fourth-order valence-corrected chi connectivity index (χ4v) is 5.07. The second-order valence-electron chi connectivity index (χ2n) is 9.59. The third-order valence-corrected chi connectivity index (χ3v) is 7.31. The van der Waals surface area contributed by atoms with Gasteiger partial charge in [0.25, 0.3) is 11.5 Å². The molecule has 0 aliphatic heterocycles. The second-order valence-corrected chi connectivity index (χ2v) is 10.9. The molecule has 4 aromatic rings. The molecule has 3 aromatic carbocycles. The summed E-state index contributed by atoms with van der Waals surface area (Å²) in [4.78, 5) is 36.7. The first-order valence-electron chi connectivity index (χ1n) is 12.7. The van der Waals surface area contributed by atoms with Gasteiger partial charge in [0.2, 0.25) is 0 Å². The van der Waals surface area contributed by atoms with Crippen molar-refractivity contribution in [2.75, 3.05) is 27.2 Å². The van der Waals surface area contributed by atoms with Crippen LogP contribution in [-0.2, 0) is 6.54 Å². The van der Waals surface area contributed by atoms with Crippen molar-refractivity contribution in [3.8, 4) is 0 Å². The van der Waals surface area contributed by atoms with Crippen LogP contribution >= 0.6 is 27.5 Å². The van der Waals surface area contributed by atoms with Crippen molar-refractivity contribution in [1.29, 1.82) is 0 Å². The fourth-order valence-electron chi connectivity index (χ4n) is 4.64. The minimum atomic E-state index is -0.409. The van der Waals surface area contributed by atoms with Crippen LogP contribution < -0.4 is 5.56 Å². The lowest BCUT2D eigenvalue weighted by Gasteiger charge is -2.33. The van der Waals surface area contributed by atoms with E-state index in [0.29, 0.717) is 46.8 Å². The lowest BCUT2D eigenvalue weighted by Crippen LogP contribution is -2.40. The van der Waals surface area contributed by atoms with Crippen LogP contribution in [0.15, 0.2) is 82.1 Å². The highest BCUT2D eigenvalue weighted by molar-refractivity contribution is 9.10. The van der Waals surface area contributed by atoms with Crippen LogP contribution in [-0.4, -0.2) is 52.4 Å². The van der Waals surface area contributed by atoms with Gasteiger partial charge in [-0.15, -0.1) is 0 Å². The summed E-state index contributed by atoms with van der Waals surface area (Å²) < 4.78 is 2.62. The van der Waals surface area contributed by atoms with Gasteiger partial charge in [-0.05, 0) is 81.5 Å². The van der Waals surface area contributed by atoms with E-state index < -0.39 is 6.04 Å². The Morgan fingerprint density at radius 3 is 2.39 bits per heavy atom. The Bertz CT molecular complexity index is 1460. The van der Waals surface area contributed by atoms with E-state index in [0.717, 1.165) is 23.0 Å². The molecule has 0 aliphatic rings. The molecule has 4 rings (SSSR count). The largest absolute Gasteiger partial charge is 0.328 e. The molecule has 0 N–H and O–H groups in total. The van der Waals surface area contributed by atoms with E-state index in [2.05, 4.69) is 20.8 Å². The van der Waals surface area contributed by atoms with E-state index in [4.69, 9.17) is 16.6 Å². The Morgan fingerprint density at radius 1 is 1.03 bits per heavy atom. The predicted octanol–water partition coefficient (Wildman–Crippen LogP) is 6.41. The number of nitrogens with zero attached hydrogens (tertiary/aromatic N) is 4. The summed E-state index contributed by atoms with van der Waals surface area (Å²) in [6.45, 7) is 3.74. The van der Waals surface area contributed by atoms with E-state index in [-0.39, 0.29) is 11.5 Å². The number of hydrogen-bond acceptors (Lipinski definition) is 4. The summed E-state index contributed by atoms with van der Waals surface area (Å²) in [5.41, 5.74) is 1.97. The van der Waals surface area contributed by atoms with Gasteiger partial charge in [0.1, 0.15) is 5.82 Å². The molecule has 0 aliphatic carbocycles. The predicted molar refractivity (Wildman–Crippen MR) is 158 cm³/mol.